The van der Waals surface area contributed by atoms with E-state index in [1.807, 2.05) is 0 Å². The molecule has 0 saturated carbocycles. The number of hydrogen-bond acceptors (Lipinski definition) is 1. The van der Waals surface area contributed by atoms with Gasteiger partial charge < -0.3 is 5.32 Å². The molecule has 84 valence electrons. The lowest BCUT2D eigenvalue weighted by atomic mass is 10.2. The molecule has 0 radical (unpaired) electrons. The van der Waals surface area contributed by atoms with Gasteiger partial charge in [0.25, 0.3) is 5.91 Å². The first-order chi connectivity index (χ1) is 7.74. The quantitative estimate of drug-likeness (QED) is 0.597. The zero-order valence-electron chi connectivity index (χ0n) is 9.00. The molecule has 1 amide bonds. The minimum Gasteiger partial charge on any atom is -0.352 e. The molecule has 16 heavy (non-hydrogen) atoms. The van der Waals surface area contributed by atoms with E-state index in [0.717, 1.165) is 19.3 Å². The molecule has 0 spiro atoms. The Hall–Kier alpha value is -1.82. The van der Waals surface area contributed by atoms with Crippen LogP contribution in [-0.4, -0.2) is 12.5 Å². The summed E-state index contributed by atoms with van der Waals surface area (Å²) in [7, 11) is 0. The topological polar surface area (TPSA) is 29.1 Å². The van der Waals surface area contributed by atoms with Crippen molar-refractivity contribution in [1.29, 1.82) is 0 Å². The van der Waals surface area contributed by atoms with Crippen molar-refractivity contribution in [2.45, 2.75) is 19.3 Å². The summed E-state index contributed by atoms with van der Waals surface area (Å²) in [5.41, 5.74) is 0.344. The zero-order valence-corrected chi connectivity index (χ0v) is 9.00. The molecule has 0 aliphatic rings. The Bertz CT molecular complexity index is 395. The molecular weight excluding hydrogens is 205 g/mol. The van der Waals surface area contributed by atoms with Crippen LogP contribution in [-0.2, 0) is 0 Å². The number of terminal acetylenes is 1. The maximum atomic E-state index is 12.8. The highest BCUT2D eigenvalue weighted by atomic mass is 19.1. The predicted molar refractivity (Wildman–Crippen MR) is 61.4 cm³/mol. The fourth-order valence-corrected chi connectivity index (χ4v) is 1.29. The van der Waals surface area contributed by atoms with Gasteiger partial charge in [0.15, 0.2) is 0 Å². The highest BCUT2D eigenvalue weighted by Gasteiger charge is 2.04. The van der Waals surface area contributed by atoms with Gasteiger partial charge in [0, 0.05) is 18.5 Å². The van der Waals surface area contributed by atoms with Gasteiger partial charge in [-0.15, -0.1) is 12.3 Å². The maximum absolute atomic E-state index is 12.8. The molecule has 3 heteroatoms. The summed E-state index contributed by atoms with van der Waals surface area (Å²) < 4.78 is 12.8. The van der Waals surface area contributed by atoms with E-state index in [-0.39, 0.29) is 5.91 Å². The van der Waals surface area contributed by atoms with Crippen molar-refractivity contribution in [3.8, 4) is 12.3 Å². The van der Waals surface area contributed by atoms with Gasteiger partial charge in [0.05, 0.1) is 0 Å². The van der Waals surface area contributed by atoms with Gasteiger partial charge in [-0.05, 0) is 31.0 Å². The predicted octanol–water partition coefficient (Wildman–Crippen LogP) is 2.36. The molecule has 0 fully saturated rings. The van der Waals surface area contributed by atoms with Crippen LogP contribution in [0.5, 0.6) is 0 Å². The van der Waals surface area contributed by atoms with E-state index >= 15 is 0 Å². The van der Waals surface area contributed by atoms with Crippen LogP contribution in [0.4, 0.5) is 4.39 Å². The summed E-state index contributed by atoms with van der Waals surface area (Å²) >= 11 is 0. The van der Waals surface area contributed by atoms with Crippen LogP contribution in [0.3, 0.4) is 0 Å². The van der Waals surface area contributed by atoms with Gasteiger partial charge in [-0.2, -0.15) is 0 Å². The highest BCUT2D eigenvalue weighted by Crippen LogP contribution is 2.03. The van der Waals surface area contributed by atoms with E-state index in [2.05, 4.69) is 11.2 Å². The third-order valence-electron chi connectivity index (χ3n) is 2.12. The summed E-state index contributed by atoms with van der Waals surface area (Å²) in [6.45, 7) is 0.566. The van der Waals surface area contributed by atoms with Crippen LogP contribution >= 0.6 is 0 Å². The Balaban J connectivity index is 2.33. The Kier molecular flexibility index (Phi) is 5.07. The fourth-order valence-electron chi connectivity index (χ4n) is 1.29. The van der Waals surface area contributed by atoms with E-state index in [1.165, 1.54) is 18.2 Å². The average molecular weight is 219 g/mol. The van der Waals surface area contributed by atoms with Gasteiger partial charge in [0.2, 0.25) is 0 Å². The van der Waals surface area contributed by atoms with E-state index < -0.39 is 5.82 Å². The number of halogens is 1. The summed E-state index contributed by atoms with van der Waals surface area (Å²) in [4.78, 5) is 11.5. The Morgan fingerprint density at radius 1 is 1.44 bits per heavy atom. The van der Waals surface area contributed by atoms with Crippen molar-refractivity contribution in [2.24, 2.45) is 0 Å². The first-order valence-corrected chi connectivity index (χ1v) is 5.21. The van der Waals surface area contributed by atoms with Gasteiger partial charge >= 0.3 is 0 Å². The molecule has 1 aromatic carbocycles. The van der Waals surface area contributed by atoms with Crippen LogP contribution in [0.15, 0.2) is 24.3 Å². The minimum absolute atomic E-state index is 0.250. The molecule has 1 aromatic rings. The molecule has 0 aliphatic carbocycles. The van der Waals surface area contributed by atoms with Crippen LogP contribution < -0.4 is 5.32 Å². The van der Waals surface area contributed by atoms with Crippen LogP contribution in [0.1, 0.15) is 29.6 Å². The zero-order chi connectivity index (χ0) is 11.8. The Labute approximate surface area is 94.9 Å². The molecule has 0 aromatic heterocycles. The van der Waals surface area contributed by atoms with Gasteiger partial charge in [-0.1, -0.05) is 6.07 Å². The summed E-state index contributed by atoms with van der Waals surface area (Å²) in [5.74, 6) is 1.88. The van der Waals surface area contributed by atoms with Crippen LogP contribution in [0, 0.1) is 18.2 Å². The lowest BCUT2D eigenvalue weighted by Crippen LogP contribution is -2.24. The molecule has 0 unspecified atom stereocenters. The lowest BCUT2D eigenvalue weighted by Gasteiger charge is -2.04. The van der Waals surface area contributed by atoms with E-state index in [9.17, 15) is 9.18 Å². The van der Waals surface area contributed by atoms with E-state index in [1.54, 1.807) is 6.07 Å². The van der Waals surface area contributed by atoms with Crippen molar-refractivity contribution in [3.63, 3.8) is 0 Å². The monoisotopic (exact) mass is 219 g/mol. The third kappa shape index (κ3) is 4.14. The number of carbonyl (C=O) groups is 1. The Morgan fingerprint density at radius 3 is 2.94 bits per heavy atom. The standard InChI is InChI=1S/C13H14FNO/c1-2-3-4-5-9-15-13(16)11-7-6-8-12(14)10-11/h1,6-8,10H,3-5,9H2,(H,15,16). The molecule has 0 heterocycles. The van der Waals surface area contributed by atoms with Crippen molar-refractivity contribution in [2.75, 3.05) is 6.54 Å². The lowest BCUT2D eigenvalue weighted by molar-refractivity contribution is 0.0952. The van der Waals surface area contributed by atoms with Crippen molar-refractivity contribution in [3.05, 3.63) is 35.6 Å². The number of unbranched alkanes of at least 4 members (excludes halogenated alkanes) is 2. The number of amides is 1. The molecule has 0 aliphatic heterocycles. The second kappa shape index (κ2) is 6.62. The first kappa shape index (κ1) is 12.3. The third-order valence-corrected chi connectivity index (χ3v) is 2.12. The number of hydrogen-bond donors (Lipinski definition) is 1. The highest BCUT2D eigenvalue weighted by molar-refractivity contribution is 5.94. The second-order valence-electron chi connectivity index (χ2n) is 3.43. The number of benzene rings is 1. The smallest absolute Gasteiger partial charge is 0.251 e. The Morgan fingerprint density at radius 2 is 2.25 bits per heavy atom. The van der Waals surface area contributed by atoms with Crippen LogP contribution in [0.2, 0.25) is 0 Å². The number of carbonyl (C=O) groups excluding carboxylic acids is 1. The molecule has 0 saturated heterocycles. The first-order valence-electron chi connectivity index (χ1n) is 5.21. The molecular formula is C13H14FNO. The second-order valence-corrected chi connectivity index (χ2v) is 3.43. The average Bonchev–Trinajstić information content (AvgIpc) is 2.28. The number of nitrogens with one attached hydrogen (secondary N) is 1. The molecule has 1 rings (SSSR count). The molecule has 1 N–H and O–H groups in total. The molecule has 0 bridgehead atoms. The summed E-state index contributed by atoms with van der Waals surface area (Å²) in [5, 5.41) is 2.71. The molecule has 2 nitrogen and oxygen atoms in total. The summed E-state index contributed by atoms with van der Waals surface area (Å²) in [6.07, 6.45) is 7.54. The van der Waals surface area contributed by atoms with Gasteiger partial charge in [0.1, 0.15) is 5.82 Å². The SMILES string of the molecule is C#CCCCCNC(=O)c1cccc(F)c1. The fraction of sp³-hybridized carbons (Fsp3) is 0.308. The minimum atomic E-state index is -0.403. The van der Waals surface area contributed by atoms with E-state index in [4.69, 9.17) is 6.42 Å². The van der Waals surface area contributed by atoms with Gasteiger partial charge in [-0.3, -0.25) is 4.79 Å². The largest absolute Gasteiger partial charge is 0.352 e. The normalized spacial score (nSPS) is 9.50. The van der Waals surface area contributed by atoms with Crippen molar-refractivity contribution >= 4 is 5.91 Å². The molecule has 0 atom stereocenters. The van der Waals surface area contributed by atoms with Crippen molar-refractivity contribution in [1.82, 2.24) is 5.32 Å². The summed E-state index contributed by atoms with van der Waals surface area (Å²) in [6, 6.07) is 5.63. The van der Waals surface area contributed by atoms with Crippen molar-refractivity contribution < 1.29 is 9.18 Å². The van der Waals surface area contributed by atoms with E-state index in [0.29, 0.717) is 12.1 Å². The maximum Gasteiger partial charge on any atom is 0.251 e. The number of rotatable bonds is 5. The van der Waals surface area contributed by atoms with Gasteiger partial charge in [-0.25, -0.2) is 4.39 Å². The van der Waals surface area contributed by atoms with Crippen LogP contribution in [0.25, 0.3) is 0 Å².